The van der Waals surface area contributed by atoms with Crippen LogP contribution in [-0.4, -0.2) is 45.7 Å². The molecule has 0 spiro atoms. The van der Waals surface area contributed by atoms with Crippen LogP contribution in [0.25, 0.3) is 0 Å². The summed E-state index contributed by atoms with van der Waals surface area (Å²) in [4.78, 5) is 24.7. The highest BCUT2D eigenvalue weighted by Gasteiger charge is 2.35. The fourth-order valence-electron chi connectivity index (χ4n) is 3.35. The molecule has 13 heteroatoms. The van der Waals surface area contributed by atoms with Gasteiger partial charge in [-0.05, 0) is 31.2 Å². The lowest BCUT2D eigenvalue weighted by atomic mass is 9.95. The Hall–Kier alpha value is -2.83. The summed E-state index contributed by atoms with van der Waals surface area (Å²) < 4.78 is 82.0. The summed E-state index contributed by atoms with van der Waals surface area (Å²) in [5.74, 6) is -1.96. The number of alkyl halides is 3. The van der Waals surface area contributed by atoms with Crippen LogP contribution in [0.3, 0.4) is 0 Å². The fourth-order valence-corrected chi connectivity index (χ4v) is 4.33. The number of hydrogen-bond donors (Lipinski definition) is 1. The summed E-state index contributed by atoms with van der Waals surface area (Å²) >= 11 is 6.14. The Labute approximate surface area is 204 Å². The first-order valence-electron chi connectivity index (χ1n) is 10.3. The number of ketones is 1. The van der Waals surface area contributed by atoms with Crippen molar-refractivity contribution in [1.29, 1.82) is 0 Å². The summed E-state index contributed by atoms with van der Waals surface area (Å²) in [5, 5.41) is 0.148. The average Bonchev–Trinajstić information content (AvgIpc) is 2.81. The summed E-state index contributed by atoms with van der Waals surface area (Å²) in [6.45, 7) is 0.654. The molecule has 0 saturated heterocycles. The van der Waals surface area contributed by atoms with E-state index in [-0.39, 0.29) is 45.6 Å². The second-order valence-corrected chi connectivity index (χ2v) is 9.96. The lowest BCUT2D eigenvalue weighted by Crippen LogP contribution is -2.46. The number of ether oxygens (including phenoxy) is 3. The highest BCUT2D eigenvalue weighted by molar-refractivity contribution is 7.89. The van der Waals surface area contributed by atoms with Gasteiger partial charge in [0.05, 0.1) is 35.4 Å². The largest absolute Gasteiger partial charge is 0.491 e. The average molecular weight is 536 g/mol. The van der Waals surface area contributed by atoms with Crippen molar-refractivity contribution in [1.82, 2.24) is 4.72 Å². The first-order valence-corrected chi connectivity index (χ1v) is 12.3. The number of esters is 1. The molecule has 190 valence electrons. The second-order valence-electron chi connectivity index (χ2n) is 7.51. The molecule has 35 heavy (non-hydrogen) atoms. The number of benzene rings is 2. The minimum absolute atomic E-state index is 0.0823. The van der Waals surface area contributed by atoms with Gasteiger partial charge in [-0.3, -0.25) is 9.59 Å². The topological polar surface area (TPSA) is 108 Å². The lowest BCUT2D eigenvalue weighted by Gasteiger charge is -2.28. The molecular weight excluding hydrogens is 515 g/mol. The van der Waals surface area contributed by atoms with Crippen LogP contribution in [0.4, 0.5) is 13.2 Å². The maximum absolute atomic E-state index is 13.4. The standard InChI is InChI=1S/C22H21ClF3NO7S/c1-3-35(30,31)27-16(21(29)32-2)11-33-18-9-12(22(24,25)26)7-8-14(18)19-10-17(28)13-5-4-6-15(23)20(13)34-19/h4-9,16,19,27H,3,10-11H2,1-2H3/t16-,19?/m0/s1. The van der Waals surface area contributed by atoms with Crippen molar-refractivity contribution in [2.24, 2.45) is 0 Å². The molecule has 0 amide bonds. The fraction of sp³-hybridized carbons (Fsp3) is 0.364. The third kappa shape index (κ3) is 6.24. The molecule has 2 aromatic carbocycles. The summed E-state index contributed by atoms with van der Waals surface area (Å²) in [7, 11) is -2.86. The van der Waals surface area contributed by atoms with Crippen LogP contribution in [0.1, 0.15) is 40.9 Å². The van der Waals surface area contributed by atoms with Crippen LogP contribution in [-0.2, 0) is 25.7 Å². The van der Waals surface area contributed by atoms with Crippen molar-refractivity contribution in [3.05, 3.63) is 58.1 Å². The minimum atomic E-state index is -4.72. The van der Waals surface area contributed by atoms with Gasteiger partial charge in [-0.2, -0.15) is 17.9 Å². The SMILES string of the molecule is CCS(=O)(=O)N[C@@H](COc1cc(C(F)(F)F)ccc1C1CC(=O)c2cccc(Cl)c2O1)C(=O)OC. The highest BCUT2D eigenvalue weighted by Crippen LogP contribution is 2.43. The number of halogens is 4. The van der Waals surface area contributed by atoms with Gasteiger partial charge in [-0.15, -0.1) is 0 Å². The van der Waals surface area contributed by atoms with Gasteiger partial charge in [0, 0.05) is 5.56 Å². The van der Waals surface area contributed by atoms with E-state index in [1.165, 1.54) is 19.1 Å². The Morgan fingerprint density at radius 3 is 2.63 bits per heavy atom. The number of methoxy groups -OCH3 is 1. The van der Waals surface area contributed by atoms with Crippen molar-refractivity contribution in [3.8, 4) is 11.5 Å². The molecule has 2 atom stereocenters. The molecule has 1 aliphatic heterocycles. The zero-order chi connectivity index (χ0) is 26.0. The smallest absolute Gasteiger partial charge is 0.416 e. The van der Waals surface area contributed by atoms with E-state index < -0.39 is 46.5 Å². The lowest BCUT2D eigenvalue weighted by molar-refractivity contribution is -0.143. The van der Waals surface area contributed by atoms with E-state index in [9.17, 15) is 31.2 Å². The first kappa shape index (κ1) is 26.8. The molecule has 1 aliphatic rings. The minimum Gasteiger partial charge on any atom is -0.491 e. The zero-order valence-electron chi connectivity index (χ0n) is 18.5. The van der Waals surface area contributed by atoms with Crippen molar-refractivity contribution in [2.75, 3.05) is 19.5 Å². The third-order valence-corrected chi connectivity index (χ3v) is 6.88. The van der Waals surface area contributed by atoms with Gasteiger partial charge in [0.2, 0.25) is 10.0 Å². The Kier molecular flexibility index (Phi) is 7.97. The van der Waals surface area contributed by atoms with Crippen molar-refractivity contribution >= 4 is 33.4 Å². The van der Waals surface area contributed by atoms with Crippen LogP contribution in [0.5, 0.6) is 11.5 Å². The molecule has 8 nitrogen and oxygen atoms in total. The molecule has 0 saturated carbocycles. The Bertz CT molecular complexity index is 1230. The quantitative estimate of drug-likeness (QED) is 0.510. The van der Waals surface area contributed by atoms with E-state index in [1.807, 2.05) is 0 Å². The normalized spacial score (nSPS) is 16.7. The zero-order valence-corrected chi connectivity index (χ0v) is 20.1. The van der Waals surface area contributed by atoms with Gasteiger partial charge in [0.15, 0.2) is 11.8 Å². The highest BCUT2D eigenvalue weighted by atomic mass is 35.5. The van der Waals surface area contributed by atoms with E-state index >= 15 is 0 Å². The number of carbonyl (C=O) groups excluding carboxylic acids is 2. The Morgan fingerprint density at radius 2 is 2.00 bits per heavy atom. The molecule has 0 radical (unpaired) electrons. The summed E-state index contributed by atoms with van der Waals surface area (Å²) in [6.07, 6.45) is -5.98. The second kappa shape index (κ2) is 10.4. The van der Waals surface area contributed by atoms with E-state index in [0.717, 1.165) is 19.2 Å². The Balaban J connectivity index is 1.97. The van der Waals surface area contributed by atoms with Gasteiger partial charge in [0.1, 0.15) is 24.2 Å². The number of para-hydroxylation sites is 1. The number of Topliss-reactive ketones (excluding diaryl/α,β-unsaturated/α-hetero) is 1. The van der Waals surface area contributed by atoms with Crippen LogP contribution in [0.2, 0.25) is 5.02 Å². The van der Waals surface area contributed by atoms with E-state index in [2.05, 4.69) is 9.46 Å². The molecular formula is C22H21ClF3NO7S. The molecule has 0 aromatic heterocycles. The monoisotopic (exact) mass is 535 g/mol. The summed E-state index contributed by atoms with van der Waals surface area (Å²) in [6, 6.07) is 5.65. The van der Waals surface area contributed by atoms with Crippen LogP contribution >= 0.6 is 11.6 Å². The molecule has 0 fully saturated rings. The van der Waals surface area contributed by atoms with Gasteiger partial charge in [0.25, 0.3) is 0 Å². The number of nitrogens with one attached hydrogen (secondary N) is 1. The molecule has 1 N–H and O–H groups in total. The van der Waals surface area contributed by atoms with Gasteiger partial charge < -0.3 is 14.2 Å². The molecule has 0 bridgehead atoms. The third-order valence-electron chi connectivity index (χ3n) is 5.18. The maximum Gasteiger partial charge on any atom is 0.416 e. The number of hydrogen-bond acceptors (Lipinski definition) is 7. The first-order chi connectivity index (χ1) is 16.4. The van der Waals surface area contributed by atoms with Crippen molar-refractivity contribution in [3.63, 3.8) is 0 Å². The Morgan fingerprint density at radius 1 is 1.29 bits per heavy atom. The van der Waals surface area contributed by atoms with Crippen molar-refractivity contribution in [2.45, 2.75) is 31.7 Å². The number of sulfonamides is 1. The van der Waals surface area contributed by atoms with Crippen LogP contribution < -0.4 is 14.2 Å². The van der Waals surface area contributed by atoms with Gasteiger partial charge in [-0.1, -0.05) is 23.7 Å². The molecule has 2 aromatic rings. The van der Waals surface area contributed by atoms with Crippen LogP contribution in [0.15, 0.2) is 36.4 Å². The molecule has 1 unspecified atom stereocenters. The predicted molar refractivity (Wildman–Crippen MR) is 119 cm³/mol. The van der Waals surface area contributed by atoms with Crippen molar-refractivity contribution < 1.29 is 45.4 Å². The van der Waals surface area contributed by atoms with Gasteiger partial charge >= 0.3 is 12.1 Å². The molecule has 0 aliphatic carbocycles. The van der Waals surface area contributed by atoms with Crippen LogP contribution in [0, 0.1) is 0 Å². The molecule has 1 heterocycles. The maximum atomic E-state index is 13.4. The van der Waals surface area contributed by atoms with E-state index in [4.69, 9.17) is 21.1 Å². The molecule has 3 rings (SSSR count). The number of fused-ring (bicyclic) bond motifs is 1. The number of carbonyl (C=O) groups is 2. The van der Waals surface area contributed by atoms with E-state index in [0.29, 0.717) is 6.07 Å². The predicted octanol–water partition coefficient (Wildman–Crippen LogP) is 3.93. The number of rotatable bonds is 8. The van der Waals surface area contributed by atoms with Gasteiger partial charge in [-0.25, -0.2) is 8.42 Å². The van der Waals surface area contributed by atoms with E-state index in [1.54, 1.807) is 6.07 Å². The summed E-state index contributed by atoms with van der Waals surface area (Å²) in [5.41, 5.74) is -0.734.